The fraction of sp³-hybridized carbons (Fsp3) is 0.600. The Balaban J connectivity index is 3.60. The van der Waals surface area contributed by atoms with Crippen LogP contribution in [0, 0.1) is 6.92 Å². The van der Waals surface area contributed by atoms with Crippen molar-refractivity contribution in [3.05, 3.63) is 35.9 Å². The van der Waals surface area contributed by atoms with Gasteiger partial charge in [-0.25, -0.2) is 0 Å². The van der Waals surface area contributed by atoms with Crippen molar-refractivity contribution in [3.63, 3.8) is 0 Å². The highest BCUT2D eigenvalue weighted by molar-refractivity contribution is 7.27. The van der Waals surface area contributed by atoms with Gasteiger partial charge in [-0.3, -0.25) is 0 Å². The third kappa shape index (κ3) is 5.12. The van der Waals surface area contributed by atoms with Crippen molar-refractivity contribution in [2.75, 3.05) is 6.61 Å². The topological polar surface area (TPSA) is 9.23 Å². The first-order valence-electron chi connectivity index (χ1n) is 8.77. The average Bonchev–Trinajstić information content (AvgIpc) is 2.44. The van der Waals surface area contributed by atoms with E-state index in [-0.39, 0.29) is 5.41 Å². The van der Waals surface area contributed by atoms with Crippen LogP contribution in [-0.4, -0.2) is 14.0 Å². The standard InChI is InChI=1S/C20H33ClOSi/c1-8-11-22-19-17(20(5,6)7)14-16(4)15-18(19)23(21,12-9-2)13-10-3/h8,14-15H,1,9-13H2,2-7H3. The zero-order valence-corrected chi connectivity index (χ0v) is 17.5. The van der Waals surface area contributed by atoms with Crippen LogP contribution in [-0.2, 0) is 5.41 Å². The molecule has 0 aromatic heterocycles. The smallest absolute Gasteiger partial charge is 0.190 e. The molecule has 0 aliphatic carbocycles. The van der Waals surface area contributed by atoms with E-state index in [2.05, 4.69) is 60.3 Å². The number of hydrogen-bond donors (Lipinski definition) is 0. The molecule has 0 bridgehead atoms. The summed E-state index contributed by atoms with van der Waals surface area (Å²) in [6.45, 7) is 17.7. The minimum Gasteiger partial charge on any atom is -0.489 e. The van der Waals surface area contributed by atoms with Crippen LogP contribution in [0.15, 0.2) is 24.8 Å². The number of halogens is 1. The molecule has 0 saturated carbocycles. The number of hydrogen-bond acceptors (Lipinski definition) is 1. The highest BCUT2D eigenvalue weighted by atomic mass is 35.6. The van der Waals surface area contributed by atoms with Gasteiger partial charge in [0.15, 0.2) is 7.38 Å². The van der Waals surface area contributed by atoms with Crippen LogP contribution in [0.5, 0.6) is 5.75 Å². The summed E-state index contributed by atoms with van der Waals surface area (Å²) in [5.41, 5.74) is 2.57. The minimum absolute atomic E-state index is 0.0297. The maximum Gasteiger partial charge on any atom is 0.190 e. The van der Waals surface area contributed by atoms with E-state index < -0.39 is 7.38 Å². The molecule has 0 aliphatic rings. The fourth-order valence-corrected chi connectivity index (χ4v) is 8.18. The van der Waals surface area contributed by atoms with Crippen molar-refractivity contribution in [3.8, 4) is 5.75 Å². The van der Waals surface area contributed by atoms with Crippen molar-refractivity contribution in [1.82, 2.24) is 0 Å². The lowest BCUT2D eigenvalue weighted by Gasteiger charge is -2.31. The van der Waals surface area contributed by atoms with E-state index in [9.17, 15) is 0 Å². The number of aryl methyl sites for hydroxylation is 1. The first kappa shape index (κ1) is 20.3. The summed E-state index contributed by atoms with van der Waals surface area (Å²) < 4.78 is 6.17. The van der Waals surface area contributed by atoms with Gasteiger partial charge in [0, 0.05) is 0 Å². The molecule has 23 heavy (non-hydrogen) atoms. The predicted octanol–water partition coefficient (Wildman–Crippen LogP) is 6.07. The minimum atomic E-state index is -2.05. The summed E-state index contributed by atoms with van der Waals surface area (Å²) in [5.74, 6) is 1.02. The first-order chi connectivity index (χ1) is 10.7. The van der Waals surface area contributed by atoms with Gasteiger partial charge < -0.3 is 4.74 Å². The largest absolute Gasteiger partial charge is 0.489 e. The fourth-order valence-electron chi connectivity index (χ4n) is 3.15. The van der Waals surface area contributed by atoms with Gasteiger partial charge in [0.25, 0.3) is 0 Å². The van der Waals surface area contributed by atoms with Crippen LogP contribution < -0.4 is 9.92 Å². The molecule has 0 atom stereocenters. The van der Waals surface area contributed by atoms with Crippen LogP contribution >= 0.6 is 11.1 Å². The van der Waals surface area contributed by atoms with Crippen LogP contribution in [0.3, 0.4) is 0 Å². The Bertz CT molecular complexity index is 525. The molecular weight excluding hydrogens is 320 g/mol. The lowest BCUT2D eigenvalue weighted by Crippen LogP contribution is -2.44. The molecule has 1 aromatic carbocycles. The van der Waals surface area contributed by atoms with E-state index in [1.54, 1.807) is 0 Å². The van der Waals surface area contributed by atoms with E-state index >= 15 is 0 Å². The normalized spacial score (nSPS) is 12.3. The molecule has 0 saturated heterocycles. The zero-order chi connectivity index (χ0) is 17.7. The van der Waals surface area contributed by atoms with Gasteiger partial charge in [0.2, 0.25) is 0 Å². The molecule has 1 rings (SSSR count). The summed E-state index contributed by atoms with van der Waals surface area (Å²) >= 11 is 7.28. The summed E-state index contributed by atoms with van der Waals surface area (Å²) in [5, 5.41) is 1.29. The molecule has 130 valence electrons. The highest BCUT2D eigenvalue weighted by Gasteiger charge is 2.36. The van der Waals surface area contributed by atoms with Crippen molar-refractivity contribution in [1.29, 1.82) is 0 Å². The van der Waals surface area contributed by atoms with E-state index in [0.717, 1.165) is 30.7 Å². The summed E-state index contributed by atoms with van der Waals surface area (Å²) in [7, 11) is -2.05. The molecular formula is C20H33ClOSi. The van der Waals surface area contributed by atoms with Crippen molar-refractivity contribution < 1.29 is 4.74 Å². The van der Waals surface area contributed by atoms with Crippen molar-refractivity contribution in [2.45, 2.75) is 71.9 Å². The van der Waals surface area contributed by atoms with Gasteiger partial charge in [-0.15, -0.1) is 0 Å². The van der Waals surface area contributed by atoms with Crippen LogP contribution in [0.1, 0.15) is 58.6 Å². The lowest BCUT2D eigenvalue weighted by molar-refractivity contribution is 0.354. The van der Waals surface area contributed by atoms with Gasteiger partial charge in [-0.1, -0.05) is 77.8 Å². The Morgan fingerprint density at radius 1 is 1.17 bits per heavy atom. The van der Waals surface area contributed by atoms with Gasteiger partial charge in [0.05, 0.1) is 0 Å². The monoisotopic (exact) mass is 352 g/mol. The third-order valence-corrected chi connectivity index (χ3v) is 9.83. The Morgan fingerprint density at radius 3 is 2.17 bits per heavy atom. The number of ether oxygens (including phenoxy) is 1. The highest BCUT2D eigenvalue weighted by Crippen LogP contribution is 2.36. The molecule has 1 nitrogen and oxygen atoms in total. The molecule has 0 aliphatic heterocycles. The predicted molar refractivity (Wildman–Crippen MR) is 107 cm³/mol. The summed E-state index contributed by atoms with van der Waals surface area (Å²) in [6.07, 6.45) is 4.05. The quantitative estimate of drug-likeness (QED) is 0.313. The summed E-state index contributed by atoms with van der Waals surface area (Å²) in [6, 6.07) is 6.73. The van der Waals surface area contributed by atoms with Gasteiger partial charge in [-0.2, -0.15) is 11.1 Å². The SMILES string of the molecule is C=CCOc1c(C(C)(C)C)cc(C)cc1[Si](Cl)(CCC)CCC. The molecule has 0 spiro atoms. The van der Waals surface area contributed by atoms with E-state index in [0.29, 0.717) is 6.61 Å². The Labute approximate surface area is 148 Å². The van der Waals surface area contributed by atoms with Crippen LogP contribution in [0.25, 0.3) is 0 Å². The molecule has 1 aromatic rings. The Hall–Kier alpha value is -0.733. The zero-order valence-electron chi connectivity index (χ0n) is 15.8. The number of rotatable bonds is 8. The molecule has 0 radical (unpaired) electrons. The second-order valence-electron chi connectivity index (χ2n) is 7.50. The van der Waals surface area contributed by atoms with E-state index in [1.165, 1.54) is 16.3 Å². The van der Waals surface area contributed by atoms with Gasteiger partial charge in [0.1, 0.15) is 12.4 Å². The maximum atomic E-state index is 7.28. The molecule has 3 heteroatoms. The molecule has 0 N–H and O–H groups in total. The molecule has 0 amide bonds. The van der Waals surface area contributed by atoms with Crippen LogP contribution in [0.4, 0.5) is 0 Å². The van der Waals surface area contributed by atoms with E-state index in [4.69, 9.17) is 15.8 Å². The third-order valence-electron chi connectivity index (χ3n) is 4.16. The lowest BCUT2D eigenvalue weighted by atomic mass is 9.85. The Morgan fingerprint density at radius 2 is 1.74 bits per heavy atom. The first-order valence-corrected chi connectivity index (χ1v) is 12.2. The van der Waals surface area contributed by atoms with Crippen molar-refractivity contribution in [2.24, 2.45) is 0 Å². The van der Waals surface area contributed by atoms with Gasteiger partial charge in [-0.05, 0) is 35.2 Å². The maximum absolute atomic E-state index is 7.28. The molecule has 0 fully saturated rings. The van der Waals surface area contributed by atoms with E-state index in [1.807, 2.05) is 6.08 Å². The summed E-state index contributed by atoms with van der Waals surface area (Å²) in [4.78, 5) is 0. The second-order valence-corrected chi connectivity index (χ2v) is 13.1. The Kier molecular flexibility index (Phi) is 7.41. The van der Waals surface area contributed by atoms with Crippen molar-refractivity contribution >= 4 is 23.6 Å². The van der Waals surface area contributed by atoms with Crippen LogP contribution in [0.2, 0.25) is 12.1 Å². The average molecular weight is 353 g/mol. The molecule has 0 heterocycles. The van der Waals surface area contributed by atoms with Gasteiger partial charge >= 0.3 is 0 Å². The molecule has 0 unspecified atom stereocenters. The number of benzene rings is 1. The second kappa shape index (κ2) is 8.39.